The van der Waals surface area contributed by atoms with E-state index in [4.69, 9.17) is 0 Å². The summed E-state index contributed by atoms with van der Waals surface area (Å²) >= 11 is 0. The van der Waals surface area contributed by atoms with Crippen LogP contribution in [0, 0.1) is 0 Å². The molecule has 0 heterocycles. The highest BCUT2D eigenvalue weighted by molar-refractivity contribution is 6.04. The van der Waals surface area contributed by atoms with E-state index in [2.05, 4.69) is 17.6 Å². The minimum atomic E-state index is -0.156. The lowest BCUT2D eigenvalue weighted by molar-refractivity contribution is -0.122. The van der Waals surface area contributed by atoms with Crippen molar-refractivity contribution in [2.24, 2.45) is 0 Å². The Labute approximate surface area is 172 Å². The molecule has 4 nitrogen and oxygen atoms in total. The van der Waals surface area contributed by atoms with E-state index in [1.807, 2.05) is 79.7 Å². The lowest BCUT2D eigenvalue weighted by Crippen LogP contribution is -2.27. The Bertz CT molecular complexity index is 955. The first-order valence-electron chi connectivity index (χ1n) is 9.83. The number of anilines is 1. The molecule has 148 valence electrons. The van der Waals surface area contributed by atoms with Gasteiger partial charge < -0.3 is 10.6 Å². The zero-order chi connectivity index (χ0) is 20.6. The van der Waals surface area contributed by atoms with E-state index in [1.165, 1.54) is 0 Å². The third kappa shape index (κ3) is 5.79. The highest BCUT2D eigenvalue weighted by Gasteiger charge is 2.15. The highest BCUT2D eigenvalue weighted by atomic mass is 16.2. The molecule has 0 fully saturated rings. The summed E-state index contributed by atoms with van der Waals surface area (Å²) in [5.74, 6) is 0.00333. The van der Waals surface area contributed by atoms with Crippen molar-refractivity contribution in [3.05, 3.63) is 102 Å². The minimum absolute atomic E-state index is 0.00702. The van der Waals surface area contributed by atoms with Gasteiger partial charge in [-0.2, -0.15) is 0 Å². The molecule has 0 saturated heterocycles. The predicted molar refractivity (Wildman–Crippen MR) is 117 cm³/mol. The van der Waals surface area contributed by atoms with Crippen LogP contribution in [-0.2, 0) is 4.79 Å². The molecule has 4 heteroatoms. The van der Waals surface area contributed by atoms with Gasteiger partial charge in [0.2, 0.25) is 5.91 Å². The molecule has 3 rings (SSSR count). The monoisotopic (exact) mass is 386 g/mol. The molecule has 0 aliphatic rings. The van der Waals surface area contributed by atoms with E-state index in [9.17, 15) is 9.59 Å². The summed E-state index contributed by atoms with van der Waals surface area (Å²) in [5, 5.41) is 5.97. The van der Waals surface area contributed by atoms with Crippen molar-refractivity contribution in [3.63, 3.8) is 0 Å². The normalized spacial score (nSPS) is 12.6. The quantitative estimate of drug-likeness (QED) is 0.578. The Morgan fingerprint density at radius 2 is 1.41 bits per heavy atom. The fourth-order valence-corrected chi connectivity index (χ4v) is 3.24. The molecule has 0 saturated carbocycles. The van der Waals surface area contributed by atoms with Crippen molar-refractivity contribution in [2.75, 3.05) is 5.32 Å². The van der Waals surface area contributed by atoms with Gasteiger partial charge >= 0.3 is 0 Å². The van der Waals surface area contributed by atoms with Crippen molar-refractivity contribution >= 4 is 17.5 Å². The second kappa shape index (κ2) is 9.69. The lowest BCUT2D eigenvalue weighted by Gasteiger charge is -2.18. The number of hydrogen-bond donors (Lipinski definition) is 2. The number of carbonyl (C=O) groups excluding carboxylic acids is 2. The van der Waals surface area contributed by atoms with E-state index in [0.717, 1.165) is 11.1 Å². The third-order valence-corrected chi connectivity index (χ3v) is 4.92. The number of amides is 2. The average molecular weight is 386 g/mol. The Morgan fingerprint density at radius 3 is 2.10 bits per heavy atom. The summed E-state index contributed by atoms with van der Waals surface area (Å²) in [6, 6.07) is 26.5. The Balaban J connectivity index is 1.59. The first-order chi connectivity index (χ1) is 14.0. The van der Waals surface area contributed by atoms with Gasteiger partial charge in [-0.3, -0.25) is 9.59 Å². The van der Waals surface area contributed by atoms with Gasteiger partial charge in [0.1, 0.15) is 0 Å². The van der Waals surface area contributed by atoms with E-state index < -0.39 is 0 Å². The molecule has 3 aromatic rings. The van der Waals surface area contributed by atoms with Crippen molar-refractivity contribution in [2.45, 2.75) is 32.2 Å². The molecule has 0 radical (unpaired) electrons. The number of carbonyl (C=O) groups is 2. The van der Waals surface area contributed by atoms with Crippen LogP contribution in [-0.4, -0.2) is 11.8 Å². The van der Waals surface area contributed by atoms with Gasteiger partial charge in [-0.05, 0) is 48.2 Å². The van der Waals surface area contributed by atoms with Gasteiger partial charge in [0.05, 0.1) is 6.04 Å². The fourth-order valence-electron chi connectivity index (χ4n) is 3.24. The van der Waals surface area contributed by atoms with E-state index in [-0.39, 0.29) is 23.8 Å². The van der Waals surface area contributed by atoms with Gasteiger partial charge in [-0.25, -0.2) is 0 Å². The predicted octanol–water partition coefficient (Wildman–Crippen LogP) is 5.31. The van der Waals surface area contributed by atoms with Crippen LogP contribution in [0.3, 0.4) is 0 Å². The number of hydrogen-bond acceptors (Lipinski definition) is 2. The molecule has 3 aromatic carbocycles. The Morgan fingerprint density at radius 1 is 0.793 bits per heavy atom. The molecule has 2 atom stereocenters. The molecular weight excluding hydrogens is 360 g/mol. The first kappa shape index (κ1) is 20.3. The standard InChI is InChI=1S/C25H26N2O2/c1-18(20-10-5-3-6-11-20)16-24(28)26-19(2)22-14-9-15-23(17-22)27-25(29)21-12-7-4-8-13-21/h3-15,17-19H,16H2,1-2H3,(H,26,28)(H,27,29). The van der Waals surface area contributed by atoms with E-state index in [1.54, 1.807) is 12.1 Å². The van der Waals surface area contributed by atoms with Crippen LogP contribution < -0.4 is 10.6 Å². The molecule has 0 aliphatic heterocycles. The summed E-state index contributed by atoms with van der Waals surface area (Å²) in [4.78, 5) is 24.8. The molecule has 2 N–H and O–H groups in total. The molecule has 2 amide bonds. The molecule has 0 aromatic heterocycles. The molecular formula is C25H26N2O2. The van der Waals surface area contributed by atoms with Gasteiger partial charge in [0.15, 0.2) is 0 Å². The van der Waals surface area contributed by atoms with Crippen LogP contribution in [0.5, 0.6) is 0 Å². The van der Waals surface area contributed by atoms with Crippen molar-refractivity contribution in [1.82, 2.24) is 5.32 Å². The third-order valence-electron chi connectivity index (χ3n) is 4.92. The smallest absolute Gasteiger partial charge is 0.255 e. The van der Waals surface area contributed by atoms with Crippen LogP contribution >= 0.6 is 0 Å². The van der Waals surface area contributed by atoms with Crippen LogP contribution in [0.2, 0.25) is 0 Å². The molecule has 0 spiro atoms. The SMILES string of the molecule is CC(CC(=O)NC(C)c1cccc(NC(=O)c2ccccc2)c1)c1ccccc1. The summed E-state index contributed by atoms with van der Waals surface area (Å²) in [5.41, 5.74) is 3.40. The van der Waals surface area contributed by atoms with Gasteiger partial charge in [0.25, 0.3) is 5.91 Å². The molecule has 0 bridgehead atoms. The van der Waals surface area contributed by atoms with Gasteiger partial charge in [-0.1, -0.05) is 67.6 Å². The van der Waals surface area contributed by atoms with Crippen molar-refractivity contribution in [1.29, 1.82) is 0 Å². The highest BCUT2D eigenvalue weighted by Crippen LogP contribution is 2.21. The van der Waals surface area contributed by atoms with Crippen LogP contribution in [0.15, 0.2) is 84.9 Å². The van der Waals surface area contributed by atoms with Gasteiger partial charge in [-0.15, -0.1) is 0 Å². The lowest BCUT2D eigenvalue weighted by atomic mass is 9.97. The van der Waals surface area contributed by atoms with E-state index >= 15 is 0 Å². The fraction of sp³-hybridized carbons (Fsp3) is 0.200. The van der Waals surface area contributed by atoms with Crippen molar-refractivity contribution in [3.8, 4) is 0 Å². The van der Waals surface area contributed by atoms with E-state index in [0.29, 0.717) is 17.7 Å². The molecule has 0 aliphatic carbocycles. The number of nitrogens with one attached hydrogen (secondary N) is 2. The van der Waals surface area contributed by atoms with Crippen LogP contribution in [0.4, 0.5) is 5.69 Å². The first-order valence-corrected chi connectivity index (χ1v) is 9.83. The average Bonchev–Trinajstić information content (AvgIpc) is 2.75. The zero-order valence-corrected chi connectivity index (χ0v) is 16.8. The zero-order valence-electron chi connectivity index (χ0n) is 16.8. The summed E-state index contributed by atoms with van der Waals surface area (Å²) < 4.78 is 0. The van der Waals surface area contributed by atoms with Crippen LogP contribution in [0.25, 0.3) is 0 Å². The second-order valence-electron chi connectivity index (χ2n) is 7.25. The molecule has 29 heavy (non-hydrogen) atoms. The Kier molecular flexibility index (Phi) is 6.80. The molecule has 2 unspecified atom stereocenters. The number of rotatable bonds is 7. The maximum absolute atomic E-state index is 12.5. The minimum Gasteiger partial charge on any atom is -0.350 e. The summed E-state index contributed by atoms with van der Waals surface area (Å²) in [6.45, 7) is 4.00. The Hall–Kier alpha value is -3.40. The second-order valence-corrected chi connectivity index (χ2v) is 7.25. The largest absolute Gasteiger partial charge is 0.350 e. The topological polar surface area (TPSA) is 58.2 Å². The van der Waals surface area contributed by atoms with Gasteiger partial charge in [0, 0.05) is 17.7 Å². The summed E-state index contributed by atoms with van der Waals surface area (Å²) in [7, 11) is 0. The maximum atomic E-state index is 12.5. The number of benzene rings is 3. The summed E-state index contributed by atoms with van der Waals surface area (Å²) in [6.07, 6.45) is 0.429. The van der Waals surface area contributed by atoms with Crippen molar-refractivity contribution < 1.29 is 9.59 Å². The van der Waals surface area contributed by atoms with Crippen LogP contribution in [0.1, 0.15) is 53.7 Å². The maximum Gasteiger partial charge on any atom is 0.255 e.